The number of nitrogens with one attached hydrogen (secondary N) is 2. The minimum Gasteiger partial charge on any atom is -0.436 e. The molecule has 162 valence electrons. The molecule has 1 heterocycles. The zero-order valence-corrected chi connectivity index (χ0v) is 19.7. The number of thiocarbonyl (C=S) groups is 1. The maximum atomic E-state index is 12.5. The number of halogens is 1. The average molecular weight is 464 g/mol. The van der Waals surface area contributed by atoms with Crippen LogP contribution >= 0.6 is 23.8 Å². The summed E-state index contributed by atoms with van der Waals surface area (Å²) in [5.41, 5.74) is 7.76. The predicted molar refractivity (Wildman–Crippen MR) is 134 cm³/mol. The third-order valence-electron chi connectivity index (χ3n) is 5.40. The highest BCUT2D eigenvalue weighted by Gasteiger charge is 2.13. The number of amides is 1. The van der Waals surface area contributed by atoms with Gasteiger partial charge in [0.05, 0.1) is 0 Å². The highest BCUT2D eigenvalue weighted by molar-refractivity contribution is 7.80. The van der Waals surface area contributed by atoms with Crippen LogP contribution in [-0.2, 0) is 0 Å². The number of aryl methyl sites for hydroxylation is 4. The molecule has 0 spiro atoms. The van der Waals surface area contributed by atoms with Gasteiger partial charge in [-0.15, -0.1) is 0 Å². The van der Waals surface area contributed by atoms with E-state index in [4.69, 9.17) is 28.2 Å². The first-order valence-electron chi connectivity index (χ1n) is 10.1. The lowest BCUT2D eigenvalue weighted by Gasteiger charge is -2.13. The highest BCUT2D eigenvalue weighted by atomic mass is 35.5. The van der Waals surface area contributed by atoms with Crippen molar-refractivity contribution in [2.75, 3.05) is 5.32 Å². The summed E-state index contributed by atoms with van der Waals surface area (Å²) >= 11 is 11.5. The topological polar surface area (TPSA) is 67.2 Å². The number of oxazole rings is 1. The van der Waals surface area contributed by atoms with Crippen LogP contribution in [0.3, 0.4) is 0 Å². The monoisotopic (exact) mass is 463 g/mol. The van der Waals surface area contributed by atoms with Crippen LogP contribution < -0.4 is 10.6 Å². The normalized spacial score (nSPS) is 10.9. The zero-order chi connectivity index (χ0) is 23.0. The Kier molecular flexibility index (Phi) is 6.00. The van der Waals surface area contributed by atoms with Crippen molar-refractivity contribution in [2.45, 2.75) is 27.7 Å². The van der Waals surface area contributed by atoms with Crippen molar-refractivity contribution in [1.29, 1.82) is 0 Å². The first kappa shape index (κ1) is 22.0. The van der Waals surface area contributed by atoms with E-state index in [9.17, 15) is 4.79 Å². The number of carbonyl (C=O) groups is 1. The largest absolute Gasteiger partial charge is 0.436 e. The second-order valence-electron chi connectivity index (χ2n) is 7.83. The summed E-state index contributed by atoms with van der Waals surface area (Å²) in [7, 11) is 0. The molecule has 3 aromatic carbocycles. The first-order chi connectivity index (χ1) is 15.2. The summed E-state index contributed by atoms with van der Waals surface area (Å²) in [5.74, 6) is 0.195. The Balaban J connectivity index is 1.54. The van der Waals surface area contributed by atoms with Crippen molar-refractivity contribution in [2.24, 2.45) is 0 Å². The fourth-order valence-electron chi connectivity index (χ4n) is 3.26. The molecule has 0 fully saturated rings. The lowest BCUT2D eigenvalue weighted by atomic mass is 10.1. The van der Waals surface area contributed by atoms with Gasteiger partial charge in [0.2, 0.25) is 5.89 Å². The lowest BCUT2D eigenvalue weighted by Crippen LogP contribution is -2.34. The van der Waals surface area contributed by atoms with E-state index < -0.39 is 0 Å². The molecule has 7 heteroatoms. The van der Waals surface area contributed by atoms with Crippen molar-refractivity contribution in [3.8, 4) is 11.5 Å². The number of rotatable bonds is 3. The van der Waals surface area contributed by atoms with E-state index in [2.05, 4.69) is 22.5 Å². The van der Waals surface area contributed by atoms with Gasteiger partial charge >= 0.3 is 0 Å². The molecule has 0 saturated carbocycles. The SMILES string of the molecule is Cc1cc2nc(-c3ccc(C)c(NC(=S)NC(=O)c4ccc(C)c(Cl)c4)c3)oc2cc1C. The maximum absolute atomic E-state index is 12.5. The molecule has 4 rings (SSSR count). The number of hydrogen-bond acceptors (Lipinski definition) is 4. The van der Waals surface area contributed by atoms with Gasteiger partial charge in [0.1, 0.15) is 5.52 Å². The highest BCUT2D eigenvalue weighted by Crippen LogP contribution is 2.29. The van der Waals surface area contributed by atoms with Crippen molar-refractivity contribution >= 4 is 51.6 Å². The van der Waals surface area contributed by atoms with Crippen molar-refractivity contribution in [1.82, 2.24) is 10.3 Å². The molecule has 0 saturated heterocycles. The predicted octanol–water partition coefficient (Wildman–Crippen LogP) is 6.51. The van der Waals surface area contributed by atoms with Gasteiger partial charge in [0, 0.05) is 21.8 Å². The van der Waals surface area contributed by atoms with Crippen LogP contribution in [0.1, 0.15) is 32.6 Å². The number of carbonyl (C=O) groups excluding carboxylic acids is 1. The quantitative estimate of drug-likeness (QED) is 0.339. The van der Waals surface area contributed by atoms with Crippen LogP contribution in [0.5, 0.6) is 0 Å². The maximum Gasteiger partial charge on any atom is 0.257 e. The molecule has 0 aliphatic rings. The van der Waals surface area contributed by atoms with Crippen LogP contribution in [0, 0.1) is 27.7 Å². The molecule has 5 nitrogen and oxygen atoms in total. The average Bonchev–Trinajstić information content (AvgIpc) is 3.14. The van der Waals surface area contributed by atoms with Gasteiger partial charge < -0.3 is 9.73 Å². The smallest absolute Gasteiger partial charge is 0.257 e. The second-order valence-corrected chi connectivity index (χ2v) is 8.64. The second kappa shape index (κ2) is 8.73. The van der Waals surface area contributed by atoms with Crippen molar-refractivity contribution in [3.63, 3.8) is 0 Å². The van der Waals surface area contributed by atoms with Crippen molar-refractivity contribution in [3.05, 3.63) is 81.4 Å². The molecule has 4 aromatic rings. The zero-order valence-electron chi connectivity index (χ0n) is 18.2. The fraction of sp³-hybridized carbons (Fsp3) is 0.160. The molecule has 32 heavy (non-hydrogen) atoms. The van der Waals surface area contributed by atoms with E-state index in [-0.39, 0.29) is 11.0 Å². The third kappa shape index (κ3) is 4.52. The molecule has 1 amide bonds. The number of anilines is 1. The Morgan fingerprint density at radius 1 is 0.938 bits per heavy atom. The van der Waals surface area contributed by atoms with Crippen LogP contribution in [0.15, 0.2) is 52.9 Å². The van der Waals surface area contributed by atoms with Crippen molar-refractivity contribution < 1.29 is 9.21 Å². The van der Waals surface area contributed by atoms with E-state index in [0.29, 0.717) is 16.5 Å². The number of nitrogens with zero attached hydrogens (tertiary/aromatic N) is 1. The standard InChI is InChI=1S/C25H22ClN3O2S/c1-13-5-7-17(11-19(13)26)23(30)29-25(32)28-20-12-18(8-6-14(20)2)24-27-21-9-15(3)16(4)10-22(21)31-24/h5-12H,1-4H3,(H2,28,29,30,32). The van der Waals surface area contributed by atoms with Gasteiger partial charge in [-0.2, -0.15) is 0 Å². The minimum absolute atomic E-state index is 0.191. The van der Waals surface area contributed by atoms with Gasteiger partial charge in [-0.25, -0.2) is 4.98 Å². The number of fused-ring (bicyclic) bond motifs is 1. The van der Waals surface area contributed by atoms with E-state index in [1.165, 1.54) is 5.56 Å². The van der Waals surface area contributed by atoms with Gasteiger partial charge in [-0.1, -0.05) is 23.7 Å². The first-order valence-corrected chi connectivity index (χ1v) is 10.9. The molecule has 1 aromatic heterocycles. The minimum atomic E-state index is -0.331. The Bertz CT molecular complexity index is 1340. The summed E-state index contributed by atoms with van der Waals surface area (Å²) in [6, 6.07) is 14.9. The third-order valence-corrected chi connectivity index (χ3v) is 6.01. The van der Waals surface area contributed by atoms with E-state index >= 15 is 0 Å². The molecule has 0 aliphatic heterocycles. The Morgan fingerprint density at radius 3 is 2.41 bits per heavy atom. The molecule has 2 N–H and O–H groups in total. The van der Waals surface area contributed by atoms with Crippen LogP contribution in [0.2, 0.25) is 5.02 Å². The molecule has 0 aliphatic carbocycles. The van der Waals surface area contributed by atoms with E-state index in [0.717, 1.165) is 39.0 Å². The molecule has 0 atom stereocenters. The Labute approximate surface area is 196 Å². The van der Waals surface area contributed by atoms with Crippen LogP contribution in [0.4, 0.5) is 5.69 Å². The van der Waals surface area contributed by atoms with E-state index in [1.807, 2.05) is 51.1 Å². The molecule has 0 radical (unpaired) electrons. The molecular formula is C25H22ClN3O2S. The molecular weight excluding hydrogens is 442 g/mol. The summed E-state index contributed by atoms with van der Waals surface area (Å²) in [5, 5.41) is 6.51. The van der Waals surface area contributed by atoms with Gasteiger partial charge in [0.15, 0.2) is 10.7 Å². The Hall–Kier alpha value is -3.22. The number of aromatic nitrogens is 1. The van der Waals surface area contributed by atoms with Crippen LogP contribution in [-0.4, -0.2) is 16.0 Å². The Morgan fingerprint density at radius 2 is 1.66 bits per heavy atom. The van der Waals surface area contributed by atoms with Crippen LogP contribution in [0.25, 0.3) is 22.6 Å². The summed E-state index contributed by atoms with van der Waals surface area (Å²) < 4.78 is 5.98. The molecule has 0 unspecified atom stereocenters. The lowest BCUT2D eigenvalue weighted by molar-refractivity contribution is 0.0977. The fourth-order valence-corrected chi connectivity index (χ4v) is 3.64. The summed E-state index contributed by atoms with van der Waals surface area (Å²) in [6.45, 7) is 7.93. The number of benzene rings is 3. The summed E-state index contributed by atoms with van der Waals surface area (Å²) in [4.78, 5) is 17.1. The summed E-state index contributed by atoms with van der Waals surface area (Å²) in [6.07, 6.45) is 0. The van der Waals surface area contributed by atoms with Gasteiger partial charge in [-0.05, 0) is 98.6 Å². The van der Waals surface area contributed by atoms with Gasteiger partial charge in [-0.3, -0.25) is 10.1 Å². The number of hydrogen-bond donors (Lipinski definition) is 2. The molecule has 0 bridgehead atoms. The van der Waals surface area contributed by atoms with E-state index in [1.54, 1.807) is 18.2 Å². The van der Waals surface area contributed by atoms with Gasteiger partial charge in [0.25, 0.3) is 5.91 Å².